The Hall–Kier alpha value is -1.41. The van der Waals surface area contributed by atoms with E-state index < -0.39 is 11.9 Å². The number of aromatic nitrogens is 2. The van der Waals surface area contributed by atoms with E-state index in [1.54, 1.807) is 0 Å². The monoisotopic (exact) mass is 304 g/mol. The van der Waals surface area contributed by atoms with Crippen LogP contribution in [0.3, 0.4) is 0 Å². The molecule has 0 radical (unpaired) electrons. The molecule has 0 bridgehead atoms. The Morgan fingerprint density at radius 1 is 1.24 bits per heavy atom. The number of piperidine rings is 1. The highest BCUT2D eigenvalue weighted by Gasteiger charge is 2.33. The molecular formula is C13H19F3N4O. The van der Waals surface area contributed by atoms with Gasteiger partial charge in [-0.05, 0) is 37.9 Å². The van der Waals surface area contributed by atoms with E-state index in [9.17, 15) is 13.2 Å². The normalized spacial score (nSPS) is 17.2. The predicted molar refractivity (Wildman–Crippen MR) is 71.9 cm³/mol. The Labute approximate surface area is 121 Å². The highest BCUT2D eigenvalue weighted by molar-refractivity contribution is 5.38. The van der Waals surface area contributed by atoms with Crippen molar-refractivity contribution in [2.75, 3.05) is 31.1 Å². The Bertz CT molecular complexity index is 430. The van der Waals surface area contributed by atoms with E-state index in [0.29, 0.717) is 32.1 Å². The zero-order chi connectivity index (χ0) is 15.3. The molecule has 0 spiro atoms. The van der Waals surface area contributed by atoms with Crippen LogP contribution in [0.2, 0.25) is 0 Å². The van der Waals surface area contributed by atoms with Crippen LogP contribution in [0.15, 0.2) is 12.1 Å². The smallest absolute Gasteiger partial charge is 0.378 e. The van der Waals surface area contributed by atoms with Gasteiger partial charge in [-0.2, -0.15) is 13.2 Å². The highest BCUT2D eigenvalue weighted by Crippen LogP contribution is 2.28. The fourth-order valence-corrected chi connectivity index (χ4v) is 2.23. The van der Waals surface area contributed by atoms with E-state index in [1.165, 1.54) is 6.07 Å². The maximum Gasteiger partial charge on any atom is 0.435 e. The quantitative estimate of drug-likeness (QED) is 0.841. The maximum atomic E-state index is 12.4. The highest BCUT2D eigenvalue weighted by atomic mass is 19.4. The summed E-state index contributed by atoms with van der Waals surface area (Å²) in [6, 6.07) is 2.33. The zero-order valence-electron chi connectivity index (χ0n) is 11.6. The van der Waals surface area contributed by atoms with Crippen molar-refractivity contribution < 1.29 is 17.9 Å². The summed E-state index contributed by atoms with van der Waals surface area (Å²) in [6.45, 7) is 2.67. The molecule has 5 nitrogen and oxygen atoms in total. The lowest BCUT2D eigenvalue weighted by Gasteiger charge is -2.32. The molecule has 0 atom stereocenters. The lowest BCUT2D eigenvalue weighted by Crippen LogP contribution is -2.38. The molecule has 8 heteroatoms. The zero-order valence-corrected chi connectivity index (χ0v) is 11.6. The molecule has 1 aliphatic heterocycles. The summed E-state index contributed by atoms with van der Waals surface area (Å²) < 4.78 is 42.9. The molecule has 21 heavy (non-hydrogen) atoms. The van der Waals surface area contributed by atoms with E-state index in [4.69, 9.17) is 10.5 Å². The minimum absolute atomic E-state index is 0.190. The van der Waals surface area contributed by atoms with Crippen LogP contribution in [0.1, 0.15) is 25.0 Å². The molecular weight excluding hydrogens is 285 g/mol. The Balaban J connectivity index is 1.85. The van der Waals surface area contributed by atoms with Gasteiger partial charge in [0.1, 0.15) is 0 Å². The van der Waals surface area contributed by atoms with Gasteiger partial charge in [0, 0.05) is 19.7 Å². The number of anilines is 1. The third-order valence-corrected chi connectivity index (χ3v) is 3.41. The van der Waals surface area contributed by atoms with Crippen LogP contribution in [-0.4, -0.2) is 42.5 Å². The average molecular weight is 304 g/mol. The van der Waals surface area contributed by atoms with Gasteiger partial charge in [-0.15, -0.1) is 10.2 Å². The summed E-state index contributed by atoms with van der Waals surface area (Å²) in [7, 11) is 0. The van der Waals surface area contributed by atoms with Gasteiger partial charge in [0.05, 0.1) is 6.10 Å². The van der Waals surface area contributed by atoms with E-state index >= 15 is 0 Å². The number of hydrogen-bond acceptors (Lipinski definition) is 5. The van der Waals surface area contributed by atoms with Crippen molar-refractivity contribution in [1.29, 1.82) is 0 Å². The van der Waals surface area contributed by atoms with Crippen LogP contribution < -0.4 is 10.6 Å². The van der Waals surface area contributed by atoms with E-state index in [2.05, 4.69) is 10.2 Å². The molecule has 0 unspecified atom stereocenters. The summed E-state index contributed by atoms with van der Waals surface area (Å²) in [5, 5.41) is 6.91. The molecule has 0 aliphatic carbocycles. The molecule has 1 saturated heterocycles. The van der Waals surface area contributed by atoms with Crippen LogP contribution >= 0.6 is 0 Å². The topological polar surface area (TPSA) is 64.3 Å². The lowest BCUT2D eigenvalue weighted by atomic mass is 10.1. The van der Waals surface area contributed by atoms with Gasteiger partial charge in [-0.1, -0.05) is 0 Å². The van der Waals surface area contributed by atoms with Gasteiger partial charge in [0.15, 0.2) is 11.5 Å². The number of nitrogens with zero attached hydrogens (tertiary/aromatic N) is 3. The predicted octanol–water partition coefficient (Wildman–Crippen LogP) is 1.83. The summed E-state index contributed by atoms with van der Waals surface area (Å²) in [5.74, 6) is 0.475. The molecule has 1 aromatic heterocycles. The molecule has 0 saturated carbocycles. The number of rotatable bonds is 5. The third-order valence-electron chi connectivity index (χ3n) is 3.41. The second kappa shape index (κ2) is 7.04. The van der Waals surface area contributed by atoms with E-state index in [1.807, 2.05) is 4.90 Å². The summed E-state index contributed by atoms with van der Waals surface area (Å²) in [5.41, 5.74) is 4.43. The third kappa shape index (κ3) is 4.53. The Kier molecular flexibility index (Phi) is 5.35. The number of halogens is 3. The van der Waals surface area contributed by atoms with Crippen LogP contribution in [0.5, 0.6) is 0 Å². The second-order valence-corrected chi connectivity index (χ2v) is 4.97. The SMILES string of the molecule is NCCCOC1CCN(c2ccc(C(F)(F)F)nn2)CC1. The molecule has 0 amide bonds. The van der Waals surface area contributed by atoms with Gasteiger partial charge in [0.2, 0.25) is 0 Å². The van der Waals surface area contributed by atoms with Crippen LogP contribution in [0.4, 0.5) is 19.0 Å². The first-order valence-electron chi connectivity index (χ1n) is 6.98. The number of nitrogens with two attached hydrogens (primary N) is 1. The van der Waals surface area contributed by atoms with Crippen molar-refractivity contribution in [3.63, 3.8) is 0 Å². The molecule has 118 valence electrons. The first kappa shape index (κ1) is 16.0. The maximum absolute atomic E-state index is 12.4. The fourth-order valence-electron chi connectivity index (χ4n) is 2.23. The van der Waals surface area contributed by atoms with Crippen molar-refractivity contribution >= 4 is 5.82 Å². The lowest BCUT2D eigenvalue weighted by molar-refractivity contribution is -0.141. The molecule has 2 N–H and O–H groups in total. The van der Waals surface area contributed by atoms with Crippen molar-refractivity contribution in [2.24, 2.45) is 5.73 Å². The average Bonchev–Trinajstić information content (AvgIpc) is 2.48. The van der Waals surface area contributed by atoms with Crippen molar-refractivity contribution in [3.8, 4) is 0 Å². The summed E-state index contributed by atoms with van der Waals surface area (Å²) >= 11 is 0. The molecule has 1 aromatic rings. The van der Waals surface area contributed by atoms with Crippen LogP contribution in [-0.2, 0) is 10.9 Å². The number of hydrogen-bond donors (Lipinski definition) is 1. The van der Waals surface area contributed by atoms with Crippen molar-refractivity contribution in [3.05, 3.63) is 17.8 Å². The van der Waals surface area contributed by atoms with E-state index in [0.717, 1.165) is 25.3 Å². The number of ether oxygens (including phenoxy) is 1. The van der Waals surface area contributed by atoms with Gasteiger partial charge >= 0.3 is 6.18 Å². The molecule has 2 heterocycles. The van der Waals surface area contributed by atoms with Crippen LogP contribution in [0.25, 0.3) is 0 Å². The van der Waals surface area contributed by atoms with Gasteiger partial charge in [-0.25, -0.2) is 0 Å². The minimum Gasteiger partial charge on any atom is -0.378 e. The van der Waals surface area contributed by atoms with E-state index in [-0.39, 0.29) is 6.10 Å². The Morgan fingerprint density at radius 2 is 1.95 bits per heavy atom. The first-order chi connectivity index (χ1) is 10.0. The van der Waals surface area contributed by atoms with Gasteiger partial charge in [-0.3, -0.25) is 0 Å². The molecule has 2 rings (SSSR count). The molecule has 1 aliphatic rings. The van der Waals surface area contributed by atoms with Gasteiger partial charge in [0.25, 0.3) is 0 Å². The molecule has 0 aromatic carbocycles. The van der Waals surface area contributed by atoms with Crippen molar-refractivity contribution in [2.45, 2.75) is 31.5 Å². The van der Waals surface area contributed by atoms with Gasteiger partial charge < -0.3 is 15.4 Å². The Morgan fingerprint density at radius 3 is 2.48 bits per heavy atom. The minimum atomic E-state index is -4.45. The summed E-state index contributed by atoms with van der Waals surface area (Å²) in [6.07, 6.45) is -1.77. The van der Waals surface area contributed by atoms with Crippen LogP contribution in [0, 0.1) is 0 Å². The standard InChI is InChI=1S/C13H19F3N4O/c14-13(15,16)11-2-3-12(19-18-11)20-7-4-10(5-8-20)21-9-1-6-17/h2-3,10H,1,4-9,17H2. The second-order valence-electron chi connectivity index (χ2n) is 4.97. The summed E-state index contributed by atoms with van der Waals surface area (Å²) in [4.78, 5) is 1.93. The largest absolute Gasteiger partial charge is 0.435 e. The number of alkyl halides is 3. The fraction of sp³-hybridized carbons (Fsp3) is 0.692. The first-order valence-corrected chi connectivity index (χ1v) is 6.98. The van der Waals surface area contributed by atoms with Crippen molar-refractivity contribution in [1.82, 2.24) is 10.2 Å². The molecule has 1 fully saturated rings.